The van der Waals surface area contributed by atoms with Crippen LogP contribution in [0.25, 0.3) is 0 Å². The summed E-state index contributed by atoms with van der Waals surface area (Å²) in [7, 11) is 0. The summed E-state index contributed by atoms with van der Waals surface area (Å²) in [6.45, 7) is 0. The molecule has 3 heteroatoms. The van der Waals surface area contributed by atoms with E-state index in [4.69, 9.17) is 10.2 Å². The van der Waals surface area contributed by atoms with E-state index < -0.39 is 12.1 Å². The van der Waals surface area contributed by atoms with Crippen LogP contribution in [-0.4, -0.2) is 22.3 Å². The molecule has 10 heavy (non-hydrogen) atoms. The van der Waals surface area contributed by atoms with Gasteiger partial charge in [-0.1, -0.05) is 6.08 Å². The van der Waals surface area contributed by atoms with Crippen molar-refractivity contribution in [3.05, 3.63) is 11.6 Å². The van der Waals surface area contributed by atoms with Gasteiger partial charge in [0.15, 0.2) is 6.10 Å². The molecule has 3 nitrogen and oxygen atoms in total. The minimum Gasteiger partial charge on any atom is -0.479 e. The van der Waals surface area contributed by atoms with Crippen molar-refractivity contribution >= 4 is 5.97 Å². The van der Waals surface area contributed by atoms with E-state index in [1.807, 2.05) is 0 Å². The monoisotopic (exact) mass is 142 g/mol. The topological polar surface area (TPSA) is 57.5 Å². The first-order chi connectivity index (χ1) is 4.72. The lowest BCUT2D eigenvalue weighted by Gasteiger charge is -2.04. The van der Waals surface area contributed by atoms with E-state index in [-0.39, 0.29) is 0 Å². The molecule has 0 aliphatic heterocycles. The molecule has 0 bridgehead atoms. The van der Waals surface area contributed by atoms with E-state index >= 15 is 0 Å². The third-order valence-corrected chi connectivity index (χ3v) is 1.66. The highest BCUT2D eigenvalue weighted by atomic mass is 16.4. The van der Waals surface area contributed by atoms with Gasteiger partial charge in [-0.3, -0.25) is 0 Å². The fourth-order valence-electron chi connectivity index (χ4n) is 1.10. The summed E-state index contributed by atoms with van der Waals surface area (Å²) < 4.78 is 0. The van der Waals surface area contributed by atoms with Gasteiger partial charge in [0, 0.05) is 0 Å². The van der Waals surface area contributed by atoms with Crippen molar-refractivity contribution in [2.45, 2.75) is 25.4 Å². The van der Waals surface area contributed by atoms with Crippen LogP contribution in [0.3, 0.4) is 0 Å². The van der Waals surface area contributed by atoms with Gasteiger partial charge in [-0.25, -0.2) is 4.79 Å². The summed E-state index contributed by atoms with van der Waals surface area (Å²) in [6, 6.07) is 0. The van der Waals surface area contributed by atoms with Crippen molar-refractivity contribution < 1.29 is 15.0 Å². The van der Waals surface area contributed by atoms with E-state index in [2.05, 4.69) is 0 Å². The Hall–Kier alpha value is -0.830. The highest BCUT2D eigenvalue weighted by Gasteiger charge is 2.20. The molecular weight excluding hydrogens is 132 g/mol. The van der Waals surface area contributed by atoms with E-state index in [1.54, 1.807) is 6.08 Å². The second-order valence-electron chi connectivity index (χ2n) is 2.41. The van der Waals surface area contributed by atoms with Gasteiger partial charge < -0.3 is 10.2 Å². The zero-order valence-electron chi connectivity index (χ0n) is 5.58. The average Bonchev–Trinajstić information content (AvgIpc) is 2.36. The summed E-state index contributed by atoms with van der Waals surface area (Å²) in [5, 5.41) is 17.3. The van der Waals surface area contributed by atoms with Crippen LogP contribution in [0, 0.1) is 0 Å². The van der Waals surface area contributed by atoms with E-state index in [1.165, 1.54) is 0 Å². The number of hydrogen-bond donors (Lipinski definition) is 2. The number of carboxylic acids is 1. The van der Waals surface area contributed by atoms with Crippen molar-refractivity contribution in [3.63, 3.8) is 0 Å². The molecule has 0 aromatic rings. The predicted octanol–water partition coefficient (Wildman–Crippen LogP) is 0.542. The van der Waals surface area contributed by atoms with E-state index in [9.17, 15) is 4.79 Å². The Morgan fingerprint density at radius 2 is 2.40 bits per heavy atom. The van der Waals surface area contributed by atoms with Crippen LogP contribution in [0.15, 0.2) is 11.6 Å². The fourth-order valence-corrected chi connectivity index (χ4v) is 1.10. The smallest absolute Gasteiger partial charge is 0.336 e. The SMILES string of the molecule is O=C(O)C(O)C1=CCCC1. The number of carbonyl (C=O) groups is 1. The van der Waals surface area contributed by atoms with Crippen molar-refractivity contribution in [2.75, 3.05) is 0 Å². The van der Waals surface area contributed by atoms with Crippen LogP contribution in [0.2, 0.25) is 0 Å². The van der Waals surface area contributed by atoms with E-state index in [0.717, 1.165) is 19.3 Å². The number of aliphatic hydroxyl groups excluding tert-OH is 1. The first-order valence-electron chi connectivity index (χ1n) is 3.31. The quantitative estimate of drug-likeness (QED) is 0.553. The zero-order valence-corrected chi connectivity index (χ0v) is 5.58. The minimum atomic E-state index is -1.26. The second kappa shape index (κ2) is 2.84. The maximum Gasteiger partial charge on any atom is 0.336 e. The number of carboxylic acid groups (broad SMARTS) is 1. The lowest BCUT2D eigenvalue weighted by Crippen LogP contribution is -2.20. The lowest BCUT2D eigenvalue weighted by molar-refractivity contribution is -0.144. The fraction of sp³-hybridized carbons (Fsp3) is 0.571. The largest absolute Gasteiger partial charge is 0.479 e. The molecule has 0 aromatic heterocycles. The molecule has 0 saturated carbocycles. The lowest BCUT2D eigenvalue weighted by atomic mass is 10.1. The Morgan fingerprint density at radius 3 is 2.80 bits per heavy atom. The normalized spacial score (nSPS) is 20.3. The molecule has 0 fully saturated rings. The second-order valence-corrected chi connectivity index (χ2v) is 2.41. The Labute approximate surface area is 59.0 Å². The van der Waals surface area contributed by atoms with Gasteiger partial charge in [-0.2, -0.15) is 0 Å². The molecule has 1 aliphatic carbocycles. The Balaban J connectivity index is 2.55. The Kier molecular flexibility index (Phi) is 2.06. The maximum absolute atomic E-state index is 10.2. The summed E-state index contributed by atoms with van der Waals surface area (Å²) in [5.74, 6) is -1.15. The van der Waals surface area contributed by atoms with Gasteiger partial charge in [0.1, 0.15) is 0 Å². The predicted molar refractivity (Wildman–Crippen MR) is 35.6 cm³/mol. The molecule has 1 rings (SSSR count). The van der Waals surface area contributed by atoms with Crippen LogP contribution in [0.4, 0.5) is 0 Å². The summed E-state index contributed by atoms with van der Waals surface area (Å²) in [5.41, 5.74) is 0.660. The number of allylic oxidation sites excluding steroid dienone is 1. The van der Waals surface area contributed by atoms with Crippen LogP contribution in [-0.2, 0) is 4.79 Å². The third kappa shape index (κ3) is 1.36. The molecule has 1 aliphatic rings. The molecule has 0 aromatic carbocycles. The van der Waals surface area contributed by atoms with Gasteiger partial charge in [-0.15, -0.1) is 0 Å². The summed E-state index contributed by atoms with van der Waals surface area (Å²) >= 11 is 0. The molecule has 2 N–H and O–H groups in total. The molecule has 0 heterocycles. The molecule has 56 valence electrons. The summed E-state index contributed by atoms with van der Waals surface area (Å²) in [6.07, 6.45) is 3.15. The minimum absolute atomic E-state index is 0.660. The standard InChI is InChI=1S/C7H10O3/c8-6(7(9)10)5-3-1-2-4-5/h3,6,8H,1-2,4H2,(H,9,10). The van der Waals surface area contributed by atoms with Crippen LogP contribution < -0.4 is 0 Å². The Bertz CT molecular complexity index is 172. The van der Waals surface area contributed by atoms with Gasteiger partial charge >= 0.3 is 5.97 Å². The number of aliphatic carboxylic acids is 1. The highest BCUT2D eigenvalue weighted by molar-refractivity contribution is 5.75. The van der Waals surface area contributed by atoms with Crippen LogP contribution in [0.5, 0.6) is 0 Å². The first-order valence-corrected chi connectivity index (χ1v) is 3.31. The van der Waals surface area contributed by atoms with Gasteiger partial charge in [0.2, 0.25) is 0 Å². The highest BCUT2D eigenvalue weighted by Crippen LogP contribution is 2.20. The molecule has 1 atom stereocenters. The zero-order chi connectivity index (χ0) is 7.56. The number of rotatable bonds is 2. The van der Waals surface area contributed by atoms with Crippen LogP contribution >= 0.6 is 0 Å². The van der Waals surface area contributed by atoms with Crippen molar-refractivity contribution in [2.24, 2.45) is 0 Å². The molecule has 0 spiro atoms. The van der Waals surface area contributed by atoms with Gasteiger partial charge in [0.25, 0.3) is 0 Å². The molecule has 1 unspecified atom stereocenters. The molecule has 0 radical (unpaired) electrons. The van der Waals surface area contributed by atoms with Crippen molar-refractivity contribution in [1.29, 1.82) is 0 Å². The molecule has 0 amide bonds. The Morgan fingerprint density at radius 1 is 1.70 bits per heavy atom. The first kappa shape index (κ1) is 7.28. The number of aliphatic hydroxyl groups is 1. The molecular formula is C7H10O3. The average molecular weight is 142 g/mol. The number of hydrogen-bond acceptors (Lipinski definition) is 2. The summed E-state index contributed by atoms with van der Waals surface area (Å²) in [4.78, 5) is 10.2. The van der Waals surface area contributed by atoms with Gasteiger partial charge in [-0.05, 0) is 24.8 Å². The maximum atomic E-state index is 10.2. The van der Waals surface area contributed by atoms with Crippen molar-refractivity contribution in [1.82, 2.24) is 0 Å². The third-order valence-electron chi connectivity index (χ3n) is 1.66. The van der Waals surface area contributed by atoms with E-state index in [0.29, 0.717) is 5.57 Å². The van der Waals surface area contributed by atoms with Crippen molar-refractivity contribution in [3.8, 4) is 0 Å². The van der Waals surface area contributed by atoms with Gasteiger partial charge in [0.05, 0.1) is 0 Å². The molecule has 0 saturated heterocycles. The van der Waals surface area contributed by atoms with Crippen LogP contribution in [0.1, 0.15) is 19.3 Å².